The predicted octanol–water partition coefficient (Wildman–Crippen LogP) is 2.31. The highest BCUT2D eigenvalue weighted by Crippen LogP contribution is 2.02. The first-order valence-electron chi connectivity index (χ1n) is 5.03. The highest BCUT2D eigenvalue weighted by molar-refractivity contribution is 5.32. The molecule has 0 saturated heterocycles. The van der Waals surface area contributed by atoms with Crippen molar-refractivity contribution in [3.63, 3.8) is 0 Å². The fourth-order valence-corrected chi connectivity index (χ4v) is 1.12. The first-order chi connectivity index (χ1) is 6.41. The summed E-state index contributed by atoms with van der Waals surface area (Å²) in [5.41, 5.74) is 0. The van der Waals surface area contributed by atoms with E-state index in [1.165, 1.54) is 12.8 Å². The smallest absolute Gasteiger partial charge is 0.234 e. The molecule has 3 heteroatoms. The third-order valence-electron chi connectivity index (χ3n) is 1.83. The van der Waals surface area contributed by atoms with Crippen molar-refractivity contribution in [1.82, 2.24) is 0 Å². The van der Waals surface area contributed by atoms with Gasteiger partial charge in [-0.2, -0.15) is 0 Å². The molecule has 76 valence electrons. The summed E-state index contributed by atoms with van der Waals surface area (Å²) < 4.78 is 5.21. The summed E-state index contributed by atoms with van der Waals surface area (Å²) in [6, 6.07) is 0. The third kappa shape index (κ3) is 11.3. The first-order valence-corrected chi connectivity index (χ1v) is 5.03. The first kappa shape index (κ1) is 12.3. The van der Waals surface area contributed by atoms with Crippen molar-refractivity contribution in [2.24, 2.45) is 4.99 Å². The van der Waals surface area contributed by atoms with Gasteiger partial charge in [0.1, 0.15) is 0 Å². The lowest BCUT2D eigenvalue weighted by atomic mass is 10.1. The van der Waals surface area contributed by atoms with Crippen molar-refractivity contribution in [3.05, 3.63) is 0 Å². The normalized spacial score (nSPS) is 9.62. The minimum absolute atomic E-state index is 0.634. The van der Waals surface area contributed by atoms with Gasteiger partial charge in [-0.1, -0.05) is 19.3 Å². The van der Waals surface area contributed by atoms with Gasteiger partial charge in [0.25, 0.3) is 0 Å². The number of isocyanates is 1. The highest BCUT2D eigenvalue weighted by Gasteiger charge is 1.90. The Balaban J connectivity index is 2.87. The Labute approximate surface area is 80.2 Å². The fourth-order valence-electron chi connectivity index (χ4n) is 1.12. The monoisotopic (exact) mass is 185 g/mol. The van der Waals surface area contributed by atoms with E-state index in [9.17, 15) is 4.79 Å². The molecule has 0 bridgehead atoms. The largest absolute Gasteiger partial charge is 0.382 e. The molecule has 0 aromatic rings. The van der Waals surface area contributed by atoms with Crippen molar-refractivity contribution >= 4 is 6.08 Å². The minimum atomic E-state index is 0.634. The maximum Gasteiger partial charge on any atom is 0.234 e. The number of hydrogen-bond acceptors (Lipinski definition) is 3. The predicted molar refractivity (Wildman–Crippen MR) is 52.6 cm³/mol. The molecule has 0 rings (SSSR count). The molecule has 0 radical (unpaired) electrons. The second-order valence-corrected chi connectivity index (χ2v) is 2.94. The van der Waals surface area contributed by atoms with Gasteiger partial charge < -0.3 is 4.74 Å². The van der Waals surface area contributed by atoms with Crippen LogP contribution < -0.4 is 0 Å². The van der Waals surface area contributed by atoms with Crippen LogP contribution >= 0.6 is 0 Å². The maximum atomic E-state index is 9.70. The van der Waals surface area contributed by atoms with Crippen LogP contribution in [0.1, 0.15) is 39.0 Å². The van der Waals surface area contributed by atoms with Crippen molar-refractivity contribution in [3.8, 4) is 0 Å². The van der Waals surface area contributed by atoms with Gasteiger partial charge in [0.15, 0.2) is 0 Å². The van der Waals surface area contributed by atoms with Crippen LogP contribution in [-0.4, -0.2) is 25.8 Å². The van der Waals surface area contributed by atoms with Gasteiger partial charge in [-0.05, 0) is 19.8 Å². The molecule has 0 heterocycles. The van der Waals surface area contributed by atoms with E-state index in [-0.39, 0.29) is 0 Å². The lowest BCUT2D eigenvalue weighted by Crippen LogP contribution is -1.93. The molecule has 0 fully saturated rings. The second kappa shape index (κ2) is 11.3. The third-order valence-corrected chi connectivity index (χ3v) is 1.83. The van der Waals surface area contributed by atoms with E-state index in [1.807, 2.05) is 6.92 Å². The van der Waals surface area contributed by atoms with Crippen molar-refractivity contribution < 1.29 is 9.53 Å². The quantitative estimate of drug-likeness (QED) is 0.314. The summed E-state index contributed by atoms with van der Waals surface area (Å²) >= 11 is 0. The summed E-state index contributed by atoms with van der Waals surface area (Å²) in [5, 5.41) is 0. The molecule has 0 aliphatic rings. The summed E-state index contributed by atoms with van der Waals surface area (Å²) in [5.74, 6) is 0. The number of ether oxygens (including phenoxy) is 1. The van der Waals surface area contributed by atoms with E-state index in [2.05, 4.69) is 4.99 Å². The Bertz CT molecular complexity index is 142. The SMILES string of the molecule is CCOCCCCCCCN=C=O. The average molecular weight is 185 g/mol. The minimum Gasteiger partial charge on any atom is -0.382 e. The van der Waals surface area contributed by atoms with Gasteiger partial charge in [0.05, 0.1) is 6.54 Å². The van der Waals surface area contributed by atoms with Crippen molar-refractivity contribution in [2.75, 3.05) is 19.8 Å². The number of unbranched alkanes of at least 4 members (excludes halogenated alkanes) is 4. The Hall–Kier alpha value is -0.660. The number of hydrogen-bond donors (Lipinski definition) is 0. The molecule has 3 nitrogen and oxygen atoms in total. The summed E-state index contributed by atoms with van der Waals surface area (Å²) in [4.78, 5) is 13.2. The van der Waals surface area contributed by atoms with E-state index in [1.54, 1.807) is 6.08 Å². The van der Waals surface area contributed by atoms with Gasteiger partial charge in [0, 0.05) is 13.2 Å². The lowest BCUT2D eigenvalue weighted by Gasteiger charge is -2.00. The number of rotatable bonds is 9. The number of aliphatic imine (C=N–C) groups is 1. The molecular formula is C10H19NO2. The molecule has 0 aliphatic heterocycles. The van der Waals surface area contributed by atoms with Crippen LogP contribution in [-0.2, 0) is 9.53 Å². The number of nitrogens with zero attached hydrogens (tertiary/aromatic N) is 1. The zero-order valence-corrected chi connectivity index (χ0v) is 8.42. The average Bonchev–Trinajstić information content (AvgIpc) is 2.16. The zero-order valence-electron chi connectivity index (χ0n) is 8.42. The van der Waals surface area contributed by atoms with Crippen LogP contribution in [0.5, 0.6) is 0 Å². The van der Waals surface area contributed by atoms with Crippen LogP contribution in [0.2, 0.25) is 0 Å². The summed E-state index contributed by atoms with van der Waals surface area (Å²) in [6.45, 7) is 4.34. The van der Waals surface area contributed by atoms with E-state index >= 15 is 0 Å². The Morgan fingerprint density at radius 2 is 1.85 bits per heavy atom. The number of carbonyl (C=O) groups excluding carboxylic acids is 1. The van der Waals surface area contributed by atoms with Gasteiger partial charge in [0.2, 0.25) is 6.08 Å². The molecule has 0 saturated carbocycles. The molecular weight excluding hydrogens is 166 g/mol. The van der Waals surface area contributed by atoms with Crippen LogP contribution in [0.3, 0.4) is 0 Å². The molecule has 0 aromatic carbocycles. The molecule has 0 atom stereocenters. The standard InChI is InChI=1S/C10H19NO2/c1-2-13-9-7-5-3-4-6-8-11-10-12/h2-9H2,1H3. The van der Waals surface area contributed by atoms with E-state index in [4.69, 9.17) is 4.74 Å². The Morgan fingerprint density at radius 3 is 2.54 bits per heavy atom. The van der Waals surface area contributed by atoms with Crippen LogP contribution in [0, 0.1) is 0 Å². The van der Waals surface area contributed by atoms with Crippen molar-refractivity contribution in [1.29, 1.82) is 0 Å². The van der Waals surface area contributed by atoms with Gasteiger partial charge in [-0.25, -0.2) is 9.79 Å². The zero-order chi connectivity index (χ0) is 9.78. The molecule has 0 unspecified atom stereocenters. The highest BCUT2D eigenvalue weighted by atomic mass is 16.5. The fraction of sp³-hybridized carbons (Fsp3) is 0.900. The second-order valence-electron chi connectivity index (χ2n) is 2.94. The molecule has 0 spiro atoms. The van der Waals surface area contributed by atoms with Gasteiger partial charge >= 0.3 is 0 Å². The summed E-state index contributed by atoms with van der Waals surface area (Å²) in [7, 11) is 0. The molecule has 0 N–H and O–H groups in total. The topological polar surface area (TPSA) is 38.7 Å². The lowest BCUT2D eigenvalue weighted by molar-refractivity contribution is 0.143. The van der Waals surface area contributed by atoms with E-state index in [0.717, 1.165) is 32.5 Å². The van der Waals surface area contributed by atoms with Gasteiger partial charge in [-0.3, -0.25) is 0 Å². The van der Waals surface area contributed by atoms with Crippen LogP contribution in [0.4, 0.5) is 0 Å². The summed E-state index contributed by atoms with van der Waals surface area (Å²) in [6.07, 6.45) is 7.26. The van der Waals surface area contributed by atoms with Crippen LogP contribution in [0.25, 0.3) is 0 Å². The molecule has 13 heavy (non-hydrogen) atoms. The van der Waals surface area contributed by atoms with E-state index < -0.39 is 0 Å². The maximum absolute atomic E-state index is 9.70. The van der Waals surface area contributed by atoms with Crippen molar-refractivity contribution in [2.45, 2.75) is 39.0 Å². The molecule has 0 aliphatic carbocycles. The van der Waals surface area contributed by atoms with E-state index in [0.29, 0.717) is 6.54 Å². The Kier molecular flexibility index (Phi) is 10.8. The molecule has 0 amide bonds. The van der Waals surface area contributed by atoms with Gasteiger partial charge in [-0.15, -0.1) is 0 Å². The molecule has 0 aromatic heterocycles. The van der Waals surface area contributed by atoms with Crippen LogP contribution in [0.15, 0.2) is 4.99 Å². The Morgan fingerprint density at radius 1 is 1.15 bits per heavy atom.